The van der Waals surface area contributed by atoms with Gasteiger partial charge in [-0.3, -0.25) is 0 Å². The van der Waals surface area contributed by atoms with Crippen LogP contribution in [0.25, 0.3) is 0 Å². The van der Waals surface area contributed by atoms with E-state index in [4.69, 9.17) is 14.2 Å². The average Bonchev–Trinajstić information content (AvgIpc) is 3.01. The van der Waals surface area contributed by atoms with E-state index in [9.17, 15) is 0 Å². The molecule has 0 aliphatic carbocycles. The third-order valence-electron chi connectivity index (χ3n) is 10.0. The Bertz CT molecular complexity index is 492. The minimum atomic E-state index is 0.358. The third-order valence-corrected chi connectivity index (χ3v) is 10.0. The van der Waals surface area contributed by atoms with Gasteiger partial charge in [-0.25, -0.2) is 0 Å². The summed E-state index contributed by atoms with van der Waals surface area (Å²) in [5, 5.41) is 0. The van der Waals surface area contributed by atoms with Gasteiger partial charge in [-0.15, -0.1) is 0 Å². The third kappa shape index (κ3) is 36.6. The standard InChI is InChI=1S/C42H86O3/c1-7-9-11-13-15-17-19-21-23-25-29-39(3)35-41(5)31-27-33-43-37-45-38-44-34-28-32-42(6)36-40(4)30-26-24-22-20-18-16-14-12-10-8-2/h39-42H,7-38H2,1-6H3. The van der Waals surface area contributed by atoms with E-state index in [1.165, 1.54) is 167 Å². The van der Waals surface area contributed by atoms with Gasteiger partial charge in [0.2, 0.25) is 0 Å². The van der Waals surface area contributed by atoms with Crippen molar-refractivity contribution in [2.45, 2.75) is 221 Å². The molecule has 0 aromatic rings. The van der Waals surface area contributed by atoms with E-state index in [0.29, 0.717) is 13.6 Å². The van der Waals surface area contributed by atoms with Gasteiger partial charge < -0.3 is 14.2 Å². The van der Waals surface area contributed by atoms with Crippen LogP contribution in [0.5, 0.6) is 0 Å². The molecule has 0 saturated heterocycles. The first-order valence-corrected chi connectivity index (χ1v) is 20.7. The molecule has 0 aromatic carbocycles. The Kier molecular flexibility index (Phi) is 36.6. The fourth-order valence-electron chi connectivity index (χ4n) is 7.14. The zero-order valence-electron chi connectivity index (χ0n) is 32.2. The number of rotatable bonds is 38. The lowest BCUT2D eigenvalue weighted by Crippen LogP contribution is -2.09. The second kappa shape index (κ2) is 36.7. The van der Waals surface area contributed by atoms with Crippen LogP contribution in [0, 0.1) is 23.7 Å². The Morgan fingerprint density at radius 3 is 0.889 bits per heavy atom. The molecule has 0 heterocycles. The molecular formula is C42H86O3. The molecule has 0 fully saturated rings. The van der Waals surface area contributed by atoms with E-state index in [1.54, 1.807) is 0 Å². The summed E-state index contributed by atoms with van der Waals surface area (Å²) in [4.78, 5) is 0. The second-order valence-electron chi connectivity index (χ2n) is 15.4. The Hall–Kier alpha value is -0.120. The maximum absolute atomic E-state index is 5.69. The summed E-state index contributed by atoms with van der Waals surface area (Å²) >= 11 is 0. The van der Waals surface area contributed by atoms with Crippen molar-refractivity contribution in [3.63, 3.8) is 0 Å². The molecular weight excluding hydrogens is 552 g/mol. The molecule has 4 unspecified atom stereocenters. The van der Waals surface area contributed by atoms with Gasteiger partial charge in [0.25, 0.3) is 0 Å². The van der Waals surface area contributed by atoms with Crippen LogP contribution in [-0.4, -0.2) is 26.8 Å². The van der Waals surface area contributed by atoms with Crippen molar-refractivity contribution in [1.82, 2.24) is 0 Å². The van der Waals surface area contributed by atoms with Crippen molar-refractivity contribution in [3.8, 4) is 0 Å². The average molecular weight is 639 g/mol. The number of hydrogen-bond acceptors (Lipinski definition) is 3. The fraction of sp³-hybridized carbons (Fsp3) is 1.00. The lowest BCUT2D eigenvalue weighted by molar-refractivity contribution is -0.132. The summed E-state index contributed by atoms with van der Waals surface area (Å²) in [7, 11) is 0. The summed E-state index contributed by atoms with van der Waals surface area (Å²) in [6.07, 6.45) is 39.0. The van der Waals surface area contributed by atoms with Crippen LogP contribution in [0.4, 0.5) is 0 Å². The maximum Gasteiger partial charge on any atom is 0.149 e. The normalized spacial score (nSPS) is 14.5. The maximum atomic E-state index is 5.69. The van der Waals surface area contributed by atoms with E-state index in [2.05, 4.69) is 41.5 Å². The van der Waals surface area contributed by atoms with Crippen LogP contribution in [-0.2, 0) is 14.2 Å². The lowest BCUT2D eigenvalue weighted by Gasteiger charge is -2.17. The Balaban J connectivity index is 3.40. The van der Waals surface area contributed by atoms with Gasteiger partial charge in [0.1, 0.15) is 13.6 Å². The van der Waals surface area contributed by atoms with Crippen molar-refractivity contribution in [3.05, 3.63) is 0 Å². The van der Waals surface area contributed by atoms with Crippen LogP contribution in [0.15, 0.2) is 0 Å². The first kappa shape index (κ1) is 44.9. The van der Waals surface area contributed by atoms with Crippen LogP contribution in [0.3, 0.4) is 0 Å². The van der Waals surface area contributed by atoms with Crippen molar-refractivity contribution in [2.75, 3.05) is 26.8 Å². The summed E-state index contributed by atoms with van der Waals surface area (Å²) in [5.74, 6) is 3.30. The lowest BCUT2D eigenvalue weighted by atomic mass is 9.90. The highest BCUT2D eigenvalue weighted by Gasteiger charge is 2.10. The summed E-state index contributed by atoms with van der Waals surface area (Å²) in [6.45, 7) is 16.6. The first-order chi connectivity index (χ1) is 22.0. The van der Waals surface area contributed by atoms with E-state index in [1.807, 2.05) is 0 Å². The van der Waals surface area contributed by atoms with Crippen LogP contribution in [0.2, 0.25) is 0 Å². The van der Waals surface area contributed by atoms with Crippen molar-refractivity contribution in [2.24, 2.45) is 23.7 Å². The zero-order valence-corrected chi connectivity index (χ0v) is 32.2. The highest BCUT2D eigenvalue weighted by Crippen LogP contribution is 2.23. The minimum Gasteiger partial charge on any atom is -0.355 e. The number of ether oxygens (including phenoxy) is 3. The molecule has 45 heavy (non-hydrogen) atoms. The van der Waals surface area contributed by atoms with Gasteiger partial charge in [0.15, 0.2) is 0 Å². The van der Waals surface area contributed by atoms with Gasteiger partial charge in [-0.05, 0) is 62.2 Å². The molecule has 272 valence electrons. The molecule has 4 atom stereocenters. The zero-order chi connectivity index (χ0) is 33.1. The van der Waals surface area contributed by atoms with Crippen molar-refractivity contribution < 1.29 is 14.2 Å². The Labute approximate surface area is 285 Å². The molecule has 0 saturated carbocycles. The summed E-state index contributed by atoms with van der Waals surface area (Å²) in [5.41, 5.74) is 0. The molecule has 0 spiro atoms. The predicted molar refractivity (Wildman–Crippen MR) is 200 cm³/mol. The van der Waals surface area contributed by atoms with Crippen LogP contribution >= 0.6 is 0 Å². The molecule has 3 nitrogen and oxygen atoms in total. The summed E-state index contributed by atoms with van der Waals surface area (Å²) < 4.78 is 16.9. The SMILES string of the molecule is CCCCCCCCCCCCC(C)CC(C)CCCOCOCOCCCC(C)CC(C)CCCCCCCCCCCC. The highest BCUT2D eigenvalue weighted by atomic mass is 16.7. The fourth-order valence-corrected chi connectivity index (χ4v) is 7.14. The minimum absolute atomic E-state index is 0.358. The molecule has 0 rings (SSSR count). The van der Waals surface area contributed by atoms with Gasteiger partial charge in [0.05, 0.1) is 0 Å². The molecule has 0 amide bonds. The van der Waals surface area contributed by atoms with E-state index in [-0.39, 0.29) is 0 Å². The van der Waals surface area contributed by atoms with E-state index < -0.39 is 0 Å². The Morgan fingerprint density at radius 2 is 0.578 bits per heavy atom. The van der Waals surface area contributed by atoms with Crippen LogP contribution < -0.4 is 0 Å². The quantitative estimate of drug-likeness (QED) is 0.0497. The molecule has 0 aromatic heterocycles. The van der Waals surface area contributed by atoms with Gasteiger partial charge in [-0.2, -0.15) is 0 Å². The van der Waals surface area contributed by atoms with Crippen molar-refractivity contribution >= 4 is 0 Å². The van der Waals surface area contributed by atoms with Gasteiger partial charge in [0, 0.05) is 13.2 Å². The summed E-state index contributed by atoms with van der Waals surface area (Å²) in [6, 6.07) is 0. The molecule has 0 radical (unpaired) electrons. The van der Waals surface area contributed by atoms with Gasteiger partial charge >= 0.3 is 0 Å². The monoisotopic (exact) mass is 639 g/mol. The molecule has 0 aliphatic rings. The highest BCUT2D eigenvalue weighted by molar-refractivity contribution is 4.62. The predicted octanol–water partition coefficient (Wildman–Crippen LogP) is 14.5. The largest absolute Gasteiger partial charge is 0.355 e. The number of hydrogen-bond donors (Lipinski definition) is 0. The van der Waals surface area contributed by atoms with Crippen molar-refractivity contribution in [1.29, 1.82) is 0 Å². The molecule has 0 bridgehead atoms. The number of unbranched alkanes of at least 4 members (excludes halogenated alkanes) is 18. The Morgan fingerprint density at radius 1 is 0.311 bits per heavy atom. The molecule has 0 aliphatic heterocycles. The molecule has 0 N–H and O–H groups in total. The van der Waals surface area contributed by atoms with Crippen LogP contribution in [0.1, 0.15) is 221 Å². The topological polar surface area (TPSA) is 27.7 Å². The second-order valence-corrected chi connectivity index (χ2v) is 15.4. The van der Waals surface area contributed by atoms with E-state index >= 15 is 0 Å². The first-order valence-electron chi connectivity index (χ1n) is 20.7. The van der Waals surface area contributed by atoms with Gasteiger partial charge in [-0.1, -0.05) is 183 Å². The smallest absolute Gasteiger partial charge is 0.149 e. The molecule has 3 heteroatoms. The van der Waals surface area contributed by atoms with E-state index in [0.717, 1.165) is 49.7 Å².